The number of aromatic nitrogens is 6. The van der Waals surface area contributed by atoms with Crippen LogP contribution in [0.15, 0.2) is 237 Å². The highest BCUT2D eigenvalue weighted by molar-refractivity contribution is 6.14. The van der Waals surface area contributed by atoms with Crippen LogP contribution in [-0.2, 0) is 6.18 Å². The van der Waals surface area contributed by atoms with Crippen molar-refractivity contribution in [2.45, 2.75) is 6.18 Å². The Labute approximate surface area is 416 Å². The summed E-state index contributed by atoms with van der Waals surface area (Å²) in [5.41, 5.74) is 11.3. The zero-order valence-corrected chi connectivity index (χ0v) is 38.8. The molecule has 6 nitrogen and oxygen atoms in total. The minimum absolute atomic E-state index is 0.334. The Morgan fingerprint density at radius 2 is 0.644 bits per heavy atom. The predicted molar refractivity (Wildman–Crippen MR) is 290 cm³/mol. The molecule has 0 bridgehead atoms. The second-order valence-electron chi connectivity index (χ2n) is 18.3. The average molecular weight is 949 g/mol. The number of hydrogen-bond acceptors (Lipinski definition) is 3. The first-order valence-electron chi connectivity index (χ1n) is 24.1. The van der Waals surface area contributed by atoms with Gasteiger partial charge < -0.3 is 13.7 Å². The summed E-state index contributed by atoms with van der Waals surface area (Å²) in [6.45, 7) is 0. The molecule has 0 saturated heterocycles. The van der Waals surface area contributed by atoms with Gasteiger partial charge in [-0.3, -0.25) is 0 Å². The third-order valence-corrected chi connectivity index (χ3v) is 14.1. The van der Waals surface area contributed by atoms with Crippen molar-refractivity contribution in [3.8, 4) is 62.4 Å². The van der Waals surface area contributed by atoms with Gasteiger partial charge in [0.1, 0.15) is 0 Å². The van der Waals surface area contributed by atoms with Gasteiger partial charge in [-0.2, -0.15) is 13.2 Å². The molecular formula is C64H39F3N6. The van der Waals surface area contributed by atoms with E-state index in [2.05, 4.69) is 147 Å². The number of rotatable bonds is 7. The molecule has 0 spiro atoms. The van der Waals surface area contributed by atoms with Crippen molar-refractivity contribution in [1.82, 2.24) is 28.7 Å². The van der Waals surface area contributed by atoms with Gasteiger partial charge >= 0.3 is 6.18 Å². The van der Waals surface area contributed by atoms with Gasteiger partial charge in [-0.25, -0.2) is 15.0 Å². The molecule has 14 rings (SSSR count). The molecule has 346 valence electrons. The maximum absolute atomic E-state index is 14.6. The SMILES string of the molecule is FC(F)(F)c1cccc(-c2cc(-n3c4ccc(-n5c6ccccc6c6ccccc65)cc4c4cc(-n5c6ccccc6c6ccccc65)ccc43)ccc2-c2nc(-c3ccccc3)nc(-c3ccccc3)n2)c1. The van der Waals surface area contributed by atoms with E-state index in [1.165, 1.54) is 33.7 Å². The molecule has 0 aliphatic rings. The van der Waals surface area contributed by atoms with Gasteiger partial charge in [0.25, 0.3) is 0 Å². The van der Waals surface area contributed by atoms with Crippen LogP contribution < -0.4 is 0 Å². The van der Waals surface area contributed by atoms with E-state index in [0.29, 0.717) is 34.2 Å². The second kappa shape index (κ2) is 16.5. The molecule has 14 aromatic rings. The average Bonchev–Trinajstić information content (AvgIpc) is 4.09. The summed E-state index contributed by atoms with van der Waals surface area (Å²) in [7, 11) is 0. The van der Waals surface area contributed by atoms with Crippen molar-refractivity contribution in [3.63, 3.8) is 0 Å². The summed E-state index contributed by atoms with van der Waals surface area (Å²) >= 11 is 0. The van der Waals surface area contributed by atoms with Crippen molar-refractivity contribution >= 4 is 65.4 Å². The number of halogens is 3. The summed E-state index contributed by atoms with van der Waals surface area (Å²) in [5.74, 6) is 1.23. The first-order chi connectivity index (χ1) is 35.8. The highest BCUT2D eigenvalue weighted by atomic mass is 19.4. The van der Waals surface area contributed by atoms with Crippen LogP contribution >= 0.6 is 0 Å². The molecule has 0 aliphatic heterocycles. The van der Waals surface area contributed by atoms with Crippen LogP contribution in [0.25, 0.3) is 128 Å². The Kier molecular flexibility index (Phi) is 9.56. The van der Waals surface area contributed by atoms with Gasteiger partial charge in [-0.05, 0) is 102 Å². The smallest absolute Gasteiger partial charge is 0.309 e. The maximum Gasteiger partial charge on any atom is 0.416 e. The Hall–Kier alpha value is -9.60. The monoisotopic (exact) mass is 948 g/mol. The van der Waals surface area contributed by atoms with Crippen LogP contribution in [0.4, 0.5) is 13.2 Å². The first kappa shape index (κ1) is 42.3. The zero-order valence-electron chi connectivity index (χ0n) is 38.8. The van der Waals surface area contributed by atoms with Gasteiger partial charge in [0.05, 0.1) is 38.7 Å². The van der Waals surface area contributed by atoms with Gasteiger partial charge in [0, 0.05) is 66.1 Å². The van der Waals surface area contributed by atoms with Gasteiger partial charge in [0.15, 0.2) is 17.5 Å². The van der Waals surface area contributed by atoms with E-state index in [1.54, 1.807) is 6.07 Å². The molecule has 0 saturated carbocycles. The van der Waals surface area contributed by atoms with E-state index < -0.39 is 11.7 Å². The predicted octanol–water partition coefficient (Wildman–Crippen LogP) is 16.8. The molecule has 0 fully saturated rings. The van der Waals surface area contributed by atoms with Crippen molar-refractivity contribution < 1.29 is 13.2 Å². The van der Waals surface area contributed by atoms with Crippen molar-refractivity contribution in [2.24, 2.45) is 0 Å². The normalized spacial score (nSPS) is 12.0. The molecule has 0 unspecified atom stereocenters. The number of nitrogens with zero attached hydrogens (tertiary/aromatic N) is 6. The highest BCUT2D eigenvalue weighted by Gasteiger charge is 2.31. The van der Waals surface area contributed by atoms with Gasteiger partial charge in [0.2, 0.25) is 0 Å². The Balaban J connectivity index is 1.04. The first-order valence-corrected chi connectivity index (χ1v) is 24.1. The van der Waals surface area contributed by atoms with Crippen LogP contribution in [0, 0.1) is 0 Å². The van der Waals surface area contributed by atoms with E-state index in [1.807, 2.05) is 78.9 Å². The summed E-state index contributed by atoms with van der Waals surface area (Å²) < 4.78 is 50.7. The lowest BCUT2D eigenvalue weighted by molar-refractivity contribution is -0.137. The van der Waals surface area contributed by atoms with Crippen LogP contribution in [0.1, 0.15) is 5.56 Å². The minimum Gasteiger partial charge on any atom is -0.309 e. The topological polar surface area (TPSA) is 53.5 Å². The lowest BCUT2D eigenvalue weighted by Gasteiger charge is -2.17. The zero-order chi connectivity index (χ0) is 48.8. The highest BCUT2D eigenvalue weighted by Crippen LogP contribution is 2.42. The van der Waals surface area contributed by atoms with Gasteiger partial charge in [-0.1, -0.05) is 146 Å². The number of para-hydroxylation sites is 4. The molecule has 10 aromatic carbocycles. The number of alkyl halides is 3. The summed E-state index contributed by atoms with van der Waals surface area (Å²) in [4.78, 5) is 15.0. The number of fused-ring (bicyclic) bond motifs is 9. The molecule has 4 heterocycles. The Bertz CT molecular complexity index is 4160. The van der Waals surface area contributed by atoms with E-state index >= 15 is 0 Å². The van der Waals surface area contributed by atoms with Crippen molar-refractivity contribution in [3.05, 3.63) is 242 Å². The molecule has 73 heavy (non-hydrogen) atoms. The fraction of sp³-hybridized carbons (Fsp3) is 0.0156. The van der Waals surface area contributed by atoms with E-state index in [0.717, 1.165) is 78.1 Å². The number of benzene rings is 10. The third kappa shape index (κ3) is 6.92. The Morgan fingerprint density at radius 1 is 0.274 bits per heavy atom. The summed E-state index contributed by atoms with van der Waals surface area (Å²) in [6, 6.07) is 77.9. The third-order valence-electron chi connectivity index (χ3n) is 14.1. The second-order valence-corrected chi connectivity index (χ2v) is 18.3. The molecular weight excluding hydrogens is 910 g/mol. The summed E-state index contributed by atoms with van der Waals surface area (Å²) in [5, 5.41) is 6.70. The molecule has 0 N–H and O–H groups in total. The Morgan fingerprint density at radius 3 is 1.10 bits per heavy atom. The van der Waals surface area contributed by atoms with E-state index in [-0.39, 0.29) is 0 Å². The van der Waals surface area contributed by atoms with E-state index in [4.69, 9.17) is 15.0 Å². The molecule has 0 aliphatic carbocycles. The molecule has 0 radical (unpaired) electrons. The molecule has 0 atom stereocenters. The van der Waals surface area contributed by atoms with Crippen molar-refractivity contribution in [2.75, 3.05) is 0 Å². The largest absolute Gasteiger partial charge is 0.416 e. The lowest BCUT2D eigenvalue weighted by Crippen LogP contribution is -2.05. The molecule has 0 amide bonds. The molecule has 4 aromatic heterocycles. The maximum atomic E-state index is 14.6. The van der Waals surface area contributed by atoms with Gasteiger partial charge in [-0.15, -0.1) is 0 Å². The summed E-state index contributed by atoms with van der Waals surface area (Å²) in [6.07, 6.45) is -4.57. The van der Waals surface area contributed by atoms with Crippen LogP contribution in [0.2, 0.25) is 0 Å². The standard InChI is InChI=1S/C64H39F3N6/c65-64(66,67)43-21-15-20-42(36-43)52-37-44(30-33-51(52)63-69-61(40-16-3-1-4-17-40)68-62(70-63)41-18-5-2-6-19-41)73-59-34-31-45(71-55-26-11-7-22-47(55)48-23-8-12-27-56(48)71)38-53(59)54-39-46(32-35-60(54)73)72-57-28-13-9-24-49(57)50-25-10-14-29-58(50)72/h1-39H. The number of hydrogen-bond donors (Lipinski definition) is 0. The van der Waals surface area contributed by atoms with E-state index in [9.17, 15) is 13.2 Å². The van der Waals surface area contributed by atoms with Crippen molar-refractivity contribution in [1.29, 1.82) is 0 Å². The quantitative estimate of drug-likeness (QED) is 0.160. The minimum atomic E-state index is -4.57. The van der Waals surface area contributed by atoms with Crippen LogP contribution in [0.3, 0.4) is 0 Å². The fourth-order valence-corrected chi connectivity index (χ4v) is 10.9. The fourth-order valence-electron chi connectivity index (χ4n) is 10.9. The van der Waals surface area contributed by atoms with Crippen LogP contribution in [0.5, 0.6) is 0 Å². The van der Waals surface area contributed by atoms with Crippen LogP contribution in [-0.4, -0.2) is 28.7 Å². The molecule has 9 heteroatoms. The lowest BCUT2D eigenvalue weighted by atomic mass is 9.96.